The third-order valence-electron chi connectivity index (χ3n) is 6.43. The predicted molar refractivity (Wildman–Crippen MR) is 158 cm³/mol. The first-order valence-corrected chi connectivity index (χ1v) is 13.8. The summed E-state index contributed by atoms with van der Waals surface area (Å²) in [4.78, 5) is 53.1. The molecule has 0 amide bonds. The predicted octanol–water partition coefficient (Wildman–Crippen LogP) is 4.80. The molecule has 0 saturated heterocycles. The molecule has 2 heterocycles. The average Bonchev–Trinajstić information content (AvgIpc) is 3.26. The van der Waals surface area contributed by atoms with E-state index in [0.717, 1.165) is 35.1 Å². The number of nitro groups is 2. The van der Waals surface area contributed by atoms with E-state index in [9.17, 15) is 29.8 Å². The Kier molecular flexibility index (Phi) is 7.99. The molecule has 4 aromatic rings. The average molecular weight is 601 g/mol. The number of ether oxygens (including phenoxy) is 2. The van der Waals surface area contributed by atoms with Gasteiger partial charge in [-0.05, 0) is 56.2 Å². The van der Waals surface area contributed by atoms with Gasteiger partial charge in [0.2, 0.25) is 5.75 Å². The maximum absolute atomic E-state index is 13.8. The van der Waals surface area contributed by atoms with Gasteiger partial charge in [0.1, 0.15) is 5.75 Å². The van der Waals surface area contributed by atoms with Crippen LogP contribution in [0.5, 0.6) is 11.5 Å². The fourth-order valence-electron chi connectivity index (χ4n) is 4.61. The molecular formula is C30H24N4O8S. The Morgan fingerprint density at radius 1 is 1.02 bits per heavy atom. The highest BCUT2D eigenvalue weighted by Gasteiger charge is 2.33. The number of carbonyl (C=O) groups is 1. The van der Waals surface area contributed by atoms with E-state index in [1.807, 2.05) is 30.3 Å². The number of fused-ring (bicyclic) bond motifs is 1. The van der Waals surface area contributed by atoms with Gasteiger partial charge in [0, 0.05) is 6.07 Å². The van der Waals surface area contributed by atoms with Gasteiger partial charge in [-0.25, -0.2) is 9.79 Å². The van der Waals surface area contributed by atoms with Crippen LogP contribution in [0.4, 0.5) is 11.4 Å². The fraction of sp³-hybridized carbons (Fsp3) is 0.167. The van der Waals surface area contributed by atoms with Crippen molar-refractivity contribution in [3.8, 4) is 11.5 Å². The standard InChI is InChI=1S/C30H24N4O8S/c1-17(2)41-29(36)26-18(3)31-30-32(27(26)20-9-5-4-6-10-20)28(35)25(43-30)15-19-8-7-11-22(14-19)42-24-13-12-21(33(37)38)16-23(24)34(39)40/h4-17,27H,1-3H3. The first kappa shape index (κ1) is 29.1. The Labute approximate surface area is 247 Å². The Morgan fingerprint density at radius 3 is 2.44 bits per heavy atom. The molecule has 0 radical (unpaired) electrons. The van der Waals surface area contributed by atoms with Gasteiger partial charge in [0.25, 0.3) is 11.2 Å². The van der Waals surface area contributed by atoms with Gasteiger partial charge in [-0.15, -0.1) is 0 Å². The second-order valence-electron chi connectivity index (χ2n) is 9.79. The van der Waals surface area contributed by atoms with Crippen LogP contribution >= 0.6 is 11.3 Å². The summed E-state index contributed by atoms with van der Waals surface area (Å²) in [5.41, 5.74) is 0.645. The summed E-state index contributed by atoms with van der Waals surface area (Å²) < 4.78 is 13.0. The lowest BCUT2D eigenvalue weighted by Crippen LogP contribution is -2.40. The summed E-state index contributed by atoms with van der Waals surface area (Å²) in [5, 5.41) is 22.6. The van der Waals surface area contributed by atoms with Gasteiger partial charge < -0.3 is 9.47 Å². The topological polar surface area (TPSA) is 156 Å². The number of aromatic nitrogens is 1. The summed E-state index contributed by atoms with van der Waals surface area (Å²) in [5.74, 6) is -0.508. The van der Waals surface area contributed by atoms with Gasteiger partial charge in [-0.1, -0.05) is 53.8 Å². The SMILES string of the molecule is CC1=C(C(=O)OC(C)C)C(c2ccccc2)n2c(sc(=Cc3cccc(Oc4ccc([N+](=O)[O-])cc4[N+](=O)[O-])c3)c2=O)=N1. The molecule has 1 atom stereocenters. The van der Waals surface area contributed by atoms with Crippen molar-refractivity contribution in [2.45, 2.75) is 32.9 Å². The minimum atomic E-state index is -0.761. The molecule has 5 rings (SSSR count). The van der Waals surface area contributed by atoms with Crippen LogP contribution in [-0.4, -0.2) is 26.5 Å². The number of allylic oxidation sites excluding steroid dienone is 1. The molecular weight excluding hydrogens is 576 g/mol. The maximum Gasteiger partial charge on any atom is 0.338 e. The van der Waals surface area contributed by atoms with Crippen molar-refractivity contribution in [3.05, 3.63) is 135 Å². The number of thiazole rings is 1. The van der Waals surface area contributed by atoms with E-state index in [0.29, 0.717) is 20.6 Å². The van der Waals surface area contributed by atoms with Crippen LogP contribution in [-0.2, 0) is 9.53 Å². The monoisotopic (exact) mass is 600 g/mol. The Balaban J connectivity index is 1.56. The Morgan fingerprint density at radius 2 is 1.77 bits per heavy atom. The lowest BCUT2D eigenvalue weighted by Gasteiger charge is -2.25. The van der Waals surface area contributed by atoms with Crippen LogP contribution in [0.3, 0.4) is 0 Å². The smallest absolute Gasteiger partial charge is 0.338 e. The van der Waals surface area contributed by atoms with E-state index >= 15 is 0 Å². The second kappa shape index (κ2) is 11.8. The molecule has 12 nitrogen and oxygen atoms in total. The molecule has 3 aromatic carbocycles. The van der Waals surface area contributed by atoms with E-state index in [2.05, 4.69) is 4.99 Å². The van der Waals surface area contributed by atoms with Crippen molar-refractivity contribution in [3.63, 3.8) is 0 Å². The number of carbonyl (C=O) groups excluding carboxylic acids is 1. The summed E-state index contributed by atoms with van der Waals surface area (Å²) in [6, 6.07) is 18.0. The molecule has 1 aliphatic rings. The zero-order chi connectivity index (χ0) is 30.8. The Bertz CT molecular complexity index is 1980. The van der Waals surface area contributed by atoms with Gasteiger partial charge in [-0.3, -0.25) is 29.6 Å². The maximum atomic E-state index is 13.8. The molecule has 0 bridgehead atoms. The number of esters is 1. The highest BCUT2D eigenvalue weighted by Crippen LogP contribution is 2.35. The van der Waals surface area contributed by atoms with Crippen LogP contribution in [0.1, 0.15) is 37.9 Å². The van der Waals surface area contributed by atoms with Crippen molar-refractivity contribution in [2.75, 3.05) is 0 Å². The van der Waals surface area contributed by atoms with E-state index < -0.39 is 33.2 Å². The molecule has 0 spiro atoms. The summed E-state index contributed by atoms with van der Waals surface area (Å²) in [6.07, 6.45) is 1.27. The number of non-ortho nitro benzene ring substituents is 1. The number of benzene rings is 3. The molecule has 0 fully saturated rings. The summed E-state index contributed by atoms with van der Waals surface area (Å²) in [7, 11) is 0. The Hall–Kier alpha value is -5.43. The first-order chi connectivity index (χ1) is 20.5. The molecule has 13 heteroatoms. The van der Waals surface area contributed by atoms with Crippen LogP contribution in [0.15, 0.2) is 93.9 Å². The normalized spacial score (nSPS) is 14.7. The van der Waals surface area contributed by atoms with Gasteiger partial charge in [0.15, 0.2) is 4.80 Å². The highest BCUT2D eigenvalue weighted by atomic mass is 32.1. The third-order valence-corrected chi connectivity index (χ3v) is 7.42. The molecule has 1 unspecified atom stereocenters. The van der Waals surface area contributed by atoms with Crippen LogP contribution in [0.25, 0.3) is 6.08 Å². The zero-order valence-electron chi connectivity index (χ0n) is 23.1. The molecule has 0 saturated carbocycles. The van der Waals surface area contributed by atoms with Crippen LogP contribution in [0, 0.1) is 20.2 Å². The number of nitro benzene ring substituents is 2. The summed E-state index contributed by atoms with van der Waals surface area (Å²) in [6.45, 7) is 5.21. The van der Waals surface area contributed by atoms with E-state index in [4.69, 9.17) is 9.47 Å². The van der Waals surface area contributed by atoms with Crippen LogP contribution < -0.4 is 19.6 Å². The van der Waals surface area contributed by atoms with Crippen LogP contribution in [0.2, 0.25) is 0 Å². The molecule has 0 aliphatic carbocycles. The van der Waals surface area contributed by atoms with Crippen molar-refractivity contribution in [2.24, 2.45) is 4.99 Å². The molecule has 1 aliphatic heterocycles. The number of rotatable bonds is 8. The molecule has 1 aromatic heterocycles. The molecule has 43 heavy (non-hydrogen) atoms. The van der Waals surface area contributed by atoms with Gasteiger partial charge in [0.05, 0.1) is 43.9 Å². The van der Waals surface area contributed by atoms with Gasteiger partial charge >= 0.3 is 11.7 Å². The third kappa shape index (κ3) is 5.97. The lowest BCUT2D eigenvalue weighted by molar-refractivity contribution is -0.394. The van der Waals surface area contributed by atoms with Gasteiger partial charge in [-0.2, -0.15) is 0 Å². The van der Waals surface area contributed by atoms with E-state index in [-0.39, 0.29) is 28.7 Å². The van der Waals surface area contributed by atoms with Crippen molar-refractivity contribution >= 4 is 34.8 Å². The molecule has 0 N–H and O–H groups in total. The first-order valence-electron chi connectivity index (χ1n) is 13.0. The van der Waals surface area contributed by atoms with E-state index in [1.165, 1.54) is 4.57 Å². The second-order valence-corrected chi connectivity index (χ2v) is 10.8. The molecule has 218 valence electrons. The van der Waals surface area contributed by atoms with Crippen molar-refractivity contribution in [1.29, 1.82) is 0 Å². The lowest BCUT2D eigenvalue weighted by atomic mass is 9.96. The number of nitrogens with zero attached hydrogens (tertiary/aromatic N) is 4. The quantitative estimate of drug-likeness (QED) is 0.159. The zero-order valence-corrected chi connectivity index (χ0v) is 23.9. The number of hydrogen-bond donors (Lipinski definition) is 0. The number of hydrogen-bond acceptors (Lipinski definition) is 10. The highest BCUT2D eigenvalue weighted by molar-refractivity contribution is 7.07. The van der Waals surface area contributed by atoms with Crippen molar-refractivity contribution < 1.29 is 24.1 Å². The van der Waals surface area contributed by atoms with Crippen molar-refractivity contribution in [1.82, 2.24) is 4.57 Å². The largest absolute Gasteiger partial charge is 0.459 e. The minimum absolute atomic E-state index is 0.175. The minimum Gasteiger partial charge on any atom is -0.459 e. The summed E-state index contributed by atoms with van der Waals surface area (Å²) >= 11 is 1.16. The fourth-order valence-corrected chi connectivity index (χ4v) is 5.65. The van der Waals surface area contributed by atoms with E-state index in [1.54, 1.807) is 51.1 Å².